The minimum atomic E-state index is -0.184. The Labute approximate surface area is 109 Å². The zero-order chi connectivity index (χ0) is 12.8. The molecular formula is C13H26BrNO. The smallest absolute Gasteiger partial charge is 0.223 e. The number of nitrogens with one attached hydrogen (secondary N) is 1. The van der Waals surface area contributed by atoms with Crippen LogP contribution in [0.3, 0.4) is 0 Å². The third kappa shape index (κ3) is 5.33. The van der Waals surface area contributed by atoms with Crippen LogP contribution in [0.1, 0.15) is 60.3 Å². The molecule has 1 amide bonds. The molecule has 2 nitrogen and oxygen atoms in total. The summed E-state index contributed by atoms with van der Waals surface area (Å²) in [6.07, 6.45) is 4.13. The molecule has 0 saturated carbocycles. The van der Waals surface area contributed by atoms with Gasteiger partial charge < -0.3 is 5.32 Å². The van der Waals surface area contributed by atoms with Gasteiger partial charge in [0.05, 0.1) is 0 Å². The van der Waals surface area contributed by atoms with E-state index in [1.807, 2.05) is 0 Å². The van der Waals surface area contributed by atoms with Crippen LogP contribution >= 0.6 is 15.9 Å². The molecule has 0 aliphatic rings. The number of halogens is 1. The van der Waals surface area contributed by atoms with Gasteiger partial charge in [0.15, 0.2) is 0 Å². The fourth-order valence-electron chi connectivity index (χ4n) is 1.62. The maximum atomic E-state index is 12.1. The van der Waals surface area contributed by atoms with Gasteiger partial charge in [-0.1, -0.05) is 49.5 Å². The van der Waals surface area contributed by atoms with Crippen molar-refractivity contribution >= 4 is 21.8 Å². The summed E-state index contributed by atoms with van der Waals surface area (Å²) in [6, 6.07) is 0. The predicted octanol–water partition coefficient (Wildman–Crippen LogP) is 3.88. The van der Waals surface area contributed by atoms with E-state index in [4.69, 9.17) is 0 Å². The minimum absolute atomic E-state index is 0.181. The molecule has 0 saturated heterocycles. The molecule has 0 aromatic carbocycles. The summed E-state index contributed by atoms with van der Waals surface area (Å²) in [6.45, 7) is 10.4. The molecule has 0 radical (unpaired) electrons. The lowest BCUT2D eigenvalue weighted by atomic mass is 9.94. The van der Waals surface area contributed by atoms with E-state index in [2.05, 4.69) is 55.9 Å². The monoisotopic (exact) mass is 291 g/mol. The van der Waals surface area contributed by atoms with Gasteiger partial charge in [0, 0.05) is 16.3 Å². The summed E-state index contributed by atoms with van der Waals surface area (Å²) in [5, 5.41) is 3.14. The van der Waals surface area contributed by atoms with Crippen molar-refractivity contribution in [2.45, 2.75) is 70.7 Å². The number of carbonyl (C=O) groups is 1. The molecule has 0 aromatic heterocycles. The molecule has 1 N–H and O–H groups in total. The Morgan fingerprint density at radius 3 is 2.00 bits per heavy atom. The Kier molecular flexibility index (Phi) is 7.29. The van der Waals surface area contributed by atoms with E-state index in [1.165, 1.54) is 0 Å². The van der Waals surface area contributed by atoms with Gasteiger partial charge in [-0.3, -0.25) is 4.79 Å². The zero-order valence-corrected chi connectivity index (χ0v) is 12.9. The Bertz CT molecular complexity index is 208. The van der Waals surface area contributed by atoms with Crippen LogP contribution in [0, 0.1) is 5.92 Å². The van der Waals surface area contributed by atoms with Gasteiger partial charge in [0.25, 0.3) is 0 Å². The second-order valence-electron chi connectivity index (χ2n) is 5.10. The van der Waals surface area contributed by atoms with Gasteiger partial charge in [-0.2, -0.15) is 0 Å². The summed E-state index contributed by atoms with van der Waals surface area (Å²) in [5.74, 6) is 0.389. The maximum absolute atomic E-state index is 12.1. The van der Waals surface area contributed by atoms with E-state index in [0.29, 0.717) is 0 Å². The van der Waals surface area contributed by atoms with Crippen molar-refractivity contribution in [3.63, 3.8) is 0 Å². The predicted molar refractivity (Wildman–Crippen MR) is 73.9 cm³/mol. The Morgan fingerprint density at radius 1 is 1.25 bits per heavy atom. The standard InChI is InChI=1S/C13H26BrNO/c1-6-8-11(9-7-2)12(16)15-13(4,5)10(3)14/h10-11H,6-9H2,1-5H3,(H,15,16). The average molecular weight is 292 g/mol. The summed E-state index contributed by atoms with van der Waals surface area (Å²) in [7, 11) is 0. The van der Waals surface area contributed by atoms with Crippen LogP contribution in [-0.2, 0) is 4.79 Å². The number of carbonyl (C=O) groups excluding carboxylic acids is 1. The Balaban J connectivity index is 4.40. The van der Waals surface area contributed by atoms with Crippen molar-refractivity contribution in [1.82, 2.24) is 5.32 Å². The Morgan fingerprint density at radius 2 is 1.69 bits per heavy atom. The molecular weight excluding hydrogens is 266 g/mol. The minimum Gasteiger partial charge on any atom is -0.350 e. The third-order valence-corrected chi connectivity index (χ3v) is 4.23. The lowest BCUT2D eigenvalue weighted by molar-refractivity contribution is -0.127. The van der Waals surface area contributed by atoms with Crippen LogP contribution in [-0.4, -0.2) is 16.3 Å². The van der Waals surface area contributed by atoms with Crippen molar-refractivity contribution in [2.75, 3.05) is 0 Å². The van der Waals surface area contributed by atoms with E-state index in [9.17, 15) is 4.79 Å². The second-order valence-corrected chi connectivity index (χ2v) is 6.47. The van der Waals surface area contributed by atoms with Crippen molar-refractivity contribution in [3.05, 3.63) is 0 Å². The van der Waals surface area contributed by atoms with Crippen molar-refractivity contribution < 1.29 is 4.79 Å². The lowest BCUT2D eigenvalue weighted by Gasteiger charge is -2.31. The van der Waals surface area contributed by atoms with Gasteiger partial charge in [0.1, 0.15) is 0 Å². The number of alkyl halides is 1. The van der Waals surface area contributed by atoms with Crippen LogP contribution in [0.5, 0.6) is 0 Å². The molecule has 0 aromatic rings. The molecule has 96 valence electrons. The first kappa shape index (κ1) is 16.0. The van der Waals surface area contributed by atoms with Gasteiger partial charge in [-0.05, 0) is 26.7 Å². The van der Waals surface area contributed by atoms with E-state index in [-0.39, 0.29) is 22.2 Å². The maximum Gasteiger partial charge on any atom is 0.223 e. The highest BCUT2D eigenvalue weighted by Gasteiger charge is 2.28. The van der Waals surface area contributed by atoms with Gasteiger partial charge >= 0.3 is 0 Å². The summed E-state index contributed by atoms with van der Waals surface area (Å²) < 4.78 is 0. The van der Waals surface area contributed by atoms with Crippen molar-refractivity contribution in [3.8, 4) is 0 Å². The SMILES string of the molecule is CCCC(CCC)C(=O)NC(C)(C)C(C)Br. The molecule has 0 heterocycles. The zero-order valence-electron chi connectivity index (χ0n) is 11.3. The van der Waals surface area contributed by atoms with E-state index in [1.54, 1.807) is 0 Å². The highest BCUT2D eigenvalue weighted by Crippen LogP contribution is 2.20. The number of hydrogen-bond acceptors (Lipinski definition) is 1. The molecule has 0 aliphatic heterocycles. The first-order valence-corrected chi connectivity index (χ1v) is 7.22. The molecule has 1 unspecified atom stereocenters. The second kappa shape index (κ2) is 7.31. The fourth-order valence-corrected chi connectivity index (χ4v) is 1.74. The van der Waals surface area contributed by atoms with E-state index in [0.717, 1.165) is 25.7 Å². The molecule has 1 atom stereocenters. The number of amides is 1. The largest absolute Gasteiger partial charge is 0.350 e. The normalized spacial score (nSPS) is 13.9. The summed E-state index contributed by atoms with van der Waals surface area (Å²) in [4.78, 5) is 12.4. The summed E-state index contributed by atoms with van der Waals surface area (Å²) in [5.41, 5.74) is -0.184. The van der Waals surface area contributed by atoms with Crippen molar-refractivity contribution in [1.29, 1.82) is 0 Å². The van der Waals surface area contributed by atoms with Crippen LogP contribution in [0.25, 0.3) is 0 Å². The van der Waals surface area contributed by atoms with Crippen LogP contribution in [0.4, 0.5) is 0 Å². The van der Waals surface area contributed by atoms with Gasteiger partial charge in [0.2, 0.25) is 5.91 Å². The number of hydrogen-bond donors (Lipinski definition) is 1. The number of rotatable bonds is 7. The van der Waals surface area contributed by atoms with Gasteiger partial charge in [-0.25, -0.2) is 0 Å². The van der Waals surface area contributed by atoms with Crippen LogP contribution in [0.15, 0.2) is 0 Å². The molecule has 0 spiro atoms. The van der Waals surface area contributed by atoms with Gasteiger partial charge in [-0.15, -0.1) is 0 Å². The fraction of sp³-hybridized carbons (Fsp3) is 0.923. The Hall–Kier alpha value is -0.0500. The third-order valence-electron chi connectivity index (χ3n) is 3.08. The highest BCUT2D eigenvalue weighted by molar-refractivity contribution is 9.09. The topological polar surface area (TPSA) is 29.1 Å². The first-order valence-electron chi connectivity index (χ1n) is 6.31. The highest BCUT2D eigenvalue weighted by atomic mass is 79.9. The van der Waals surface area contributed by atoms with E-state index < -0.39 is 0 Å². The van der Waals surface area contributed by atoms with Crippen LogP contribution in [0.2, 0.25) is 0 Å². The molecule has 3 heteroatoms. The van der Waals surface area contributed by atoms with E-state index >= 15 is 0 Å². The molecule has 0 bridgehead atoms. The molecule has 16 heavy (non-hydrogen) atoms. The quantitative estimate of drug-likeness (QED) is 0.709. The lowest BCUT2D eigenvalue weighted by Crippen LogP contribution is -2.50. The molecule has 0 fully saturated rings. The summed E-state index contributed by atoms with van der Waals surface area (Å²) >= 11 is 3.54. The average Bonchev–Trinajstić information content (AvgIpc) is 2.16. The first-order chi connectivity index (χ1) is 7.35. The molecule has 0 aliphatic carbocycles. The van der Waals surface area contributed by atoms with Crippen molar-refractivity contribution in [2.24, 2.45) is 5.92 Å². The molecule has 0 rings (SSSR count). The van der Waals surface area contributed by atoms with Crippen LogP contribution < -0.4 is 5.32 Å².